The highest BCUT2D eigenvalue weighted by Gasteiger charge is 2.10. The van der Waals surface area contributed by atoms with Gasteiger partial charge in [-0.05, 0) is 0 Å². The van der Waals surface area contributed by atoms with Gasteiger partial charge in [0.05, 0.1) is 46.3 Å². The number of aliphatic hydroxyl groups excluding tert-OH is 6. The predicted molar refractivity (Wildman–Crippen MR) is 108 cm³/mol. The molecule has 0 aliphatic carbocycles. The third-order valence-corrected chi connectivity index (χ3v) is 3.63. The highest BCUT2D eigenvalue weighted by molar-refractivity contribution is 5.70. The Labute approximate surface area is 172 Å². The van der Waals surface area contributed by atoms with E-state index >= 15 is 0 Å². The number of nitrogens with zero attached hydrogens (tertiary/aromatic N) is 3. The van der Waals surface area contributed by atoms with Gasteiger partial charge in [-0.15, -0.1) is 0 Å². The number of nitrogens with two attached hydrogens (primary N) is 1. The molecule has 0 bridgehead atoms. The van der Waals surface area contributed by atoms with Crippen LogP contribution >= 0.6 is 0 Å². The van der Waals surface area contributed by atoms with Crippen LogP contribution in [0.15, 0.2) is 0 Å². The summed E-state index contributed by atoms with van der Waals surface area (Å²) in [6.07, 6.45) is 0. The number of hydrogen-bond donors (Lipinski definition) is 9. The summed E-state index contributed by atoms with van der Waals surface area (Å²) < 4.78 is 0. The highest BCUT2D eigenvalue weighted by atomic mass is 16.3. The summed E-state index contributed by atoms with van der Waals surface area (Å²) in [4.78, 5) is 13.8. The molecule has 1 aliphatic heterocycles. The molecule has 1 rings (SSSR count). The van der Waals surface area contributed by atoms with Crippen LogP contribution in [0, 0.1) is 0 Å². The van der Waals surface area contributed by atoms with Crippen molar-refractivity contribution in [2.45, 2.75) is 0 Å². The van der Waals surface area contributed by atoms with Crippen molar-refractivity contribution in [2.24, 2.45) is 5.73 Å². The van der Waals surface area contributed by atoms with Gasteiger partial charge in [0, 0.05) is 52.4 Å². The molecule has 0 aromatic rings. The first-order chi connectivity index (χ1) is 14.0. The van der Waals surface area contributed by atoms with Crippen molar-refractivity contribution in [1.82, 2.24) is 25.6 Å². The largest absolute Gasteiger partial charge is 0.395 e. The van der Waals surface area contributed by atoms with Gasteiger partial charge in [-0.3, -0.25) is 15.2 Å². The number of carbonyl (C=O) groups excluding carboxylic acids is 1. The Balaban J connectivity index is 0. The fourth-order valence-corrected chi connectivity index (χ4v) is 2.28. The van der Waals surface area contributed by atoms with Crippen molar-refractivity contribution in [3.63, 3.8) is 0 Å². The Kier molecular flexibility index (Phi) is 24.0. The molecular weight excluding hydrogens is 388 g/mol. The van der Waals surface area contributed by atoms with Crippen LogP contribution in [0.3, 0.4) is 0 Å². The van der Waals surface area contributed by atoms with Crippen LogP contribution in [0.25, 0.3) is 0 Å². The molecule has 1 aliphatic rings. The molecule has 0 spiro atoms. The summed E-state index contributed by atoms with van der Waals surface area (Å²) in [6, 6.07) is -0.501. The van der Waals surface area contributed by atoms with Crippen LogP contribution < -0.4 is 16.5 Å². The standard InChI is InChI=1S/2C6H15NO3.C4H10N4O/c2*8-4-1-7(2-5-9)3-6-10;5-4(9)7-8-2-1-6-3-8/h2*8-10H,1-6H2;6H,1-3H2,(H3,5,7,9). The van der Waals surface area contributed by atoms with Crippen LogP contribution in [0.2, 0.25) is 0 Å². The molecule has 10 N–H and O–H groups in total. The second-order valence-corrected chi connectivity index (χ2v) is 5.92. The fraction of sp³-hybridized carbons (Fsp3) is 0.938. The summed E-state index contributed by atoms with van der Waals surface area (Å²) in [5, 5.41) is 55.7. The van der Waals surface area contributed by atoms with E-state index in [2.05, 4.69) is 10.7 Å². The summed E-state index contributed by atoms with van der Waals surface area (Å²) in [5.41, 5.74) is 7.30. The zero-order chi connectivity index (χ0) is 22.3. The topological polar surface area (TPSA) is 198 Å². The average molecular weight is 429 g/mol. The molecule has 0 aromatic heterocycles. The zero-order valence-electron chi connectivity index (χ0n) is 17.1. The fourth-order valence-electron chi connectivity index (χ4n) is 2.28. The molecule has 0 radical (unpaired) electrons. The molecule has 13 heteroatoms. The Bertz CT molecular complexity index is 305. The van der Waals surface area contributed by atoms with E-state index < -0.39 is 6.03 Å². The highest BCUT2D eigenvalue weighted by Crippen LogP contribution is 1.85. The number of carbonyl (C=O) groups is 1. The minimum atomic E-state index is -0.501. The van der Waals surface area contributed by atoms with Gasteiger partial charge in [0.2, 0.25) is 0 Å². The van der Waals surface area contributed by atoms with E-state index in [1.54, 1.807) is 14.8 Å². The number of aliphatic hydroxyl groups is 6. The molecule has 29 heavy (non-hydrogen) atoms. The van der Waals surface area contributed by atoms with E-state index in [-0.39, 0.29) is 39.6 Å². The number of urea groups is 1. The first-order valence-electron chi connectivity index (χ1n) is 9.60. The molecule has 0 unspecified atom stereocenters. The lowest BCUT2D eigenvalue weighted by Crippen LogP contribution is -2.44. The molecular formula is C16H40N6O7. The summed E-state index contributed by atoms with van der Waals surface area (Å²) in [7, 11) is 0. The van der Waals surface area contributed by atoms with Crippen molar-refractivity contribution >= 4 is 6.03 Å². The molecule has 2 amide bonds. The van der Waals surface area contributed by atoms with Gasteiger partial charge in [-0.1, -0.05) is 0 Å². The molecule has 1 heterocycles. The Morgan fingerprint density at radius 1 is 0.793 bits per heavy atom. The molecule has 13 nitrogen and oxygen atoms in total. The lowest BCUT2D eigenvalue weighted by atomic mass is 10.4. The van der Waals surface area contributed by atoms with Crippen LogP contribution in [-0.2, 0) is 0 Å². The van der Waals surface area contributed by atoms with Gasteiger partial charge in [-0.25, -0.2) is 9.80 Å². The maximum Gasteiger partial charge on any atom is 0.326 e. The van der Waals surface area contributed by atoms with E-state index in [1.165, 1.54) is 0 Å². The van der Waals surface area contributed by atoms with Crippen LogP contribution in [0.1, 0.15) is 0 Å². The Morgan fingerprint density at radius 2 is 1.14 bits per heavy atom. The Hall–Kier alpha value is -1.13. The van der Waals surface area contributed by atoms with Gasteiger partial charge >= 0.3 is 6.03 Å². The third kappa shape index (κ3) is 21.4. The minimum absolute atomic E-state index is 0.0694. The minimum Gasteiger partial charge on any atom is -0.395 e. The predicted octanol–water partition coefficient (Wildman–Crippen LogP) is -5.04. The smallest absolute Gasteiger partial charge is 0.326 e. The normalized spacial score (nSPS) is 13.7. The number of hydrazine groups is 1. The van der Waals surface area contributed by atoms with Crippen LogP contribution in [-0.4, -0.2) is 150 Å². The summed E-state index contributed by atoms with van der Waals surface area (Å²) in [5.74, 6) is 0. The third-order valence-electron chi connectivity index (χ3n) is 3.63. The maximum atomic E-state index is 10.2. The lowest BCUT2D eigenvalue weighted by Gasteiger charge is -2.17. The molecule has 176 valence electrons. The summed E-state index contributed by atoms with van der Waals surface area (Å²) in [6.45, 7) is 5.92. The number of nitrogens with one attached hydrogen (secondary N) is 2. The van der Waals surface area contributed by atoms with E-state index in [9.17, 15) is 4.79 Å². The number of primary amides is 1. The quantitative estimate of drug-likeness (QED) is 0.136. The Morgan fingerprint density at radius 3 is 1.34 bits per heavy atom. The lowest BCUT2D eigenvalue weighted by molar-refractivity contribution is 0.136. The molecule has 1 saturated heterocycles. The van der Waals surface area contributed by atoms with Gasteiger partial charge in [-0.2, -0.15) is 0 Å². The van der Waals surface area contributed by atoms with Gasteiger partial charge in [0.1, 0.15) is 0 Å². The van der Waals surface area contributed by atoms with Gasteiger partial charge in [0.15, 0.2) is 0 Å². The number of amides is 2. The second-order valence-electron chi connectivity index (χ2n) is 5.92. The van der Waals surface area contributed by atoms with E-state index in [0.717, 1.165) is 13.1 Å². The van der Waals surface area contributed by atoms with E-state index in [0.29, 0.717) is 45.9 Å². The zero-order valence-corrected chi connectivity index (χ0v) is 17.1. The molecule has 0 aromatic carbocycles. The van der Waals surface area contributed by atoms with E-state index in [4.69, 9.17) is 36.4 Å². The molecule has 0 atom stereocenters. The summed E-state index contributed by atoms with van der Waals surface area (Å²) >= 11 is 0. The van der Waals surface area contributed by atoms with Crippen molar-refractivity contribution in [1.29, 1.82) is 0 Å². The van der Waals surface area contributed by atoms with Crippen molar-refractivity contribution in [2.75, 3.05) is 98.7 Å². The first kappa shape index (κ1) is 30.1. The van der Waals surface area contributed by atoms with Crippen molar-refractivity contribution in [3.05, 3.63) is 0 Å². The number of hydrogen-bond acceptors (Lipinski definition) is 11. The first-order valence-corrected chi connectivity index (χ1v) is 9.60. The average Bonchev–Trinajstić information content (AvgIpc) is 3.16. The van der Waals surface area contributed by atoms with Gasteiger partial charge in [0.25, 0.3) is 0 Å². The van der Waals surface area contributed by atoms with E-state index in [1.807, 2.05) is 0 Å². The van der Waals surface area contributed by atoms with Gasteiger partial charge < -0.3 is 41.7 Å². The monoisotopic (exact) mass is 428 g/mol. The van der Waals surface area contributed by atoms with Crippen molar-refractivity contribution in [3.8, 4) is 0 Å². The molecule has 0 saturated carbocycles. The SMILES string of the molecule is NC(=O)NN1CCNC1.OCCN(CCO)CCO.OCCN(CCO)CCO. The number of rotatable bonds is 13. The second kappa shape index (κ2) is 23.2. The maximum absolute atomic E-state index is 10.2. The van der Waals surface area contributed by atoms with Crippen molar-refractivity contribution < 1.29 is 35.4 Å². The van der Waals surface area contributed by atoms with Crippen LogP contribution in [0.4, 0.5) is 4.79 Å². The van der Waals surface area contributed by atoms with Crippen LogP contribution in [0.5, 0.6) is 0 Å². The molecule has 1 fully saturated rings.